The SMILES string of the molecule is Cc1ncc(CNCc2nn[nH]n2)n1-c1ccccc1. The van der Waals surface area contributed by atoms with Gasteiger partial charge in [0, 0.05) is 12.2 Å². The highest BCUT2D eigenvalue weighted by molar-refractivity contribution is 5.35. The van der Waals surface area contributed by atoms with E-state index in [1.807, 2.05) is 31.3 Å². The van der Waals surface area contributed by atoms with Gasteiger partial charge < -0.3 is 5.32 Å². The van der Waals surface area contributed by atoms with Gasteiger partial charge in [0.2, 0.25) is 0 Å². The van der Waals surface area contributed by atoms with Crippen LogP contribution >= 0.6 is 0 Å². The fourth-order valence-electron chi connectivity index (χ4n) is 2.11. The van der Waals surface area contributed by atoms with Crippen LogP contribution < -0.4 is 5.32 Å². The molecular formula is C13H15N7. The van der Waals surface area contributed by atoms with Gasteiger partial charge in [-0.05, 0) is 19.1 Å². The fourth-order valence-corrected chi connectivity index (χ4v) is 2.11. The number of aryl methyl sites for hydroxylation is 1. The first kappa shape index (κ1) is 12.5. The predicted octanol–water partition coefficient (Wildman–Crippen LogP) is 0.984. The molecule has 0 saturated carbocycles. The minimum absolute atomic E-state index is 0.565. The summed E-state index contributed by atoms with van der Waals surface area (Å²) in [5, 5.41) is 17.0. The molecule has 0 atom stereocenters. The summed E-state index contributed by atoms with van der Waals surface area (Å²) in [6, 6.07) is 10.2. The van der Waals surface area contributed by atoms with Crippen LogP contribution in [0, 0.1) is 6.92 Å². The number of rotatable bonds is 5. The highest BCUT2D eigenvalue weighted by atomic mass is 15.5. The molecule has 0 spiro atoms. The molecule has 0 radical (unpaired) electrons. The molecule has 0 bridgehead atoms. The average molecular weight is 269 g/mol. The first-order valence-electron chi connectivity index (χ1n) is 6.36. The Morgan fingerprint density at radius 2 is 2.05 bits per heavy atom. The molecule has 0 aliphatic carbocycles. The second kappa shape index (κ2) is 5.62. The quantitative estimate of drug-likeness (QED) is 0.721. The van der Waals surface area contributed by atoms with E-state index < -0.39 is 0 Å². The van der Waals surface area contributed by atoms with Crippen LogP contribution in [0.1, 0.15) is 17.3 Å². The Hall–Kier alpha value is -2.54. The van der Waals surface area contributed by atoms with Crippen molar-refractivity contribution in [2.75, 3.05) is 0 Å². The molecule has 0 aliphatic rings. The lowest BCUT2D eigenvalue weighted by molar-refractivity contribution is 0.643. The Morgan fingerprint density at radius 1 is 1.20 bits per heavy atom. The summed E-state index contributed by atoms with van der Waals surface area (Å²) in [7, 11) is 0. The second-order valence-electron chi connectivity index (χ2n) is 4.40. The Balaban J connectivity index is 1.74. The van der Waals surface area contributed by atoms with Crippen LogP contribution in [0.4, 0.5) is 0 Å². The number of hydrogen-bond acceptors (Lipinski definition) is 5. The summed E-state index contributed by atoms with van der Waals surface area (Å²) in [4.78, 5) is 4.38. The third-order valence-electron chi connectivity index (χ3n) is 3.00. The standard InChI is InChI=1S/C13H15N7/c1-10-15-8-12(7-14-9-13-16-18-19-17-13)20(10)11-5-3-2-4-6-11/h2-6,8,14H,7,9H2,1H3,(H,16,17,18,19). The molecule has 3 aromatic rings. The van der Waals surface area contributed by atoms with Crippen molar-refractivity contribution in [1.82, 2.24) is 35.5 Å². The third-order valence-corrected chi connectivity index (χ3v) is 3.00. The van der Waals surface area contributed by atoms with E-state index >= 15 is 0 Å². The number of nitrogens with zero attached hydrogens (tertiary/aromatic N) is 5. The maximum absolute atomic E-state index is 4.38. The van der Waals surface area contributed by atoms with E-state index in [2.05, 4.69) is 47.6 Å². The maximum atomic E-state index is 4.38. The highest BCUT2D eigenvalue weighted by Gasteiger charge is 2.08. The third kappa shape index (κ3) is 2.57. The summed E-state index contributed by atoms with van der Waals surface area (Å²) in [5.41, 5.74) is 2.20. The van der Waals surface area contributed by atoms with Gasteiger partial charge >= 0.3 is 0 Å². The molecule has 7 heteroatoms. The fraction of sp³-hybridized carbons (Fsp3) is 0.231. The molecule has 2 heterocycles. The number of imidazole rings is 1. The number of aromatic amines is 1. The summed E-state index contributed by atoms with van der Waals surface area (Å²) < 4.78 is 2.13. The number of hydrogen-bond donors (Lipinski definition) is 2. The first-order chi connectivity index (χ1) is 9.84. The second-order valence-corrected chi connectivity index (χ2v) is 4.40. The molecule has 7 nitrogen and oxygen atoms in total. The van der Waals surface area contributed by atoms with E-state index in [0.717, 1.165) is 17.2 Å². The Labute approximate surface area is 116 Å². The van der Waals surface area contributed by atoms with E-state index in [1.165, 1.54) is 0 Å². The monoisotopic (exact) mass is 269 g/mol. The first-order valence-corrected chi connectivity index (χ1v) is 6.36. The number of tetrazole rings is 1. The van der Waals surface area contributed by atoms with Gasteiger partial charge in [-0.3, -0.25) is 4.57 Å². The predicted molar refractivity (Wildman–Crippen MR) is 73.0 cm³/mol. The van der Waals surface area contributed by atoms with Crippen molar-refractivity contribution in [3.8, 4) is 5.69 Å². The lowest BCUT2D eigenvalue weighted by atomic mass is 10.3. The van der Waals surface area contributed by atoms with Gasteiger partial charge in [-0.25, -0.2) is 4.98 Å². The molecule has 0 aliphatic heterocycles. The number of benzene rings is 1. The summed E-state index contributed by atoms with van der Waals surface area (Å²) in [6.45, 7) is 3.25. The van der Waals surface area contributed by atoms with Crippen LogP contribution in [0.2, 0.25) is 0 Å². The van der Waals surface area contributed by atoms with Crippen molar-refractivity contribution in [3.05, 3.63) is 53.9 Å². The molecule has 1 aromatic carbocycles. The van der Waals surface area contributed by atoms with Crippen molar-refractivity contribution >= 4 is 0 Å². The van der Waals surface area contributed by atoms with E-state index in [-0.39, 0.29) is 0 Å². The minimum Gasteiger partial charge on any atom is -0.304 e. The molecular weight excluding hydrogens is 254 g/mol. The molecule has 102 valence electrons. The van der Waals surface area contributed by atoms with Crippen LogP contribution in [0.25, 0.3) is 5.69 Å². The smallest absolute Gasteiger partial charge is 0.188 e. The van der Waals surface area contributed by atoms with Gasteiger partial charge in [0.1, 0.15) is 5.82 Å². The van der Waals surface area contributed by atoms with Gasteiger partial charge in [0.05, 0.1) is 18.4 Å². The highest BCUT2D eigenvalue weighted by Crippen LogP contribution is 2.14. The molecule has 2 aromatic heterocycles. The zero-order valence-electron chi connectivity index (χ0n) is 11.1. The number of H-pyrrole nitrogens is 1. The average Bonchev–Trinajstić information content (AvgIpc) is 3.10. The summed E-state index contributed by atoms with van der Waals surface area (Å²) >= 11 is 0. The van der Waals surface area contributed by atoms with Gasteiger partial charge in [-0.15, -0.1) is 10.2 Å². The summed E-state index contributed by atoms with van der Waals surface area (Å²) in [6.07, 6.45) is 1.88. The van der Waals surface area contributed by atoms with Gasteiger partial charge in [-0.2, -0.15) is 5.21 Å². The lowest BCUT2D eigenvalue weighted by Gasteiger charge is -2.10. The number of para-hydroxylation sites is 1. The van der Waals surface area contributed by atoms with Crippen molar-refractivity contribution in [2.45, 2.75) is 20.0 Å². The van der Waals surface area contributed by atoms with Crippen LogP contribution in [-0.4, -0.2) is 30.2 Å². The van der Waals surface area contributed by atoms with Gasteiger partial charge in [-0.1, -0.05) is 23.4 Å². The summed E-state index contributed by atoms with van der Waals surface area (Å²) in [5.74, 6) is 1.61. The van der Waals surface area contributed by atoms with Crippen LogP contribution in [0.5, 0.6) is 0 Å². The molecule has 2 N–H and O–H groups in total. The topological polar surface area (TPSA) is 84.3 Å². The Bertz CT molecular complexity index is 657. The van der Waals surface area contributed by atoms with Gasteiger partial charge in [0.15, 0.2) is 5.82 Å². The van der Waals surface area contributed by atoms with E-state index in [4.69, 9.17) is 0 Å². The van der Waals surface area contributed by atoms with Crippen LogP contribution in [0.3, 0.4) is 0 Å². The molecule has 0 unspecified atom stereocenters. The van der Waals surface area contributed by atoms with E-state index in [1.54, 1.807) is 0 Å². The molecule has 0 fully saturated rings. The zero-order chi connectivity index (χ0) is 13.8. The Morgan fingerprint density at radius 3 is 2.80 bits per heavy atom. The van der Waals surface area contributed by atoms with E-state index in [9.17, 15) is 0 Å². The number of aromatic nitrogens is 6. The molecule has 0 amide bonds. The number of nitrogens with one attached hydrogen (secondary N) is 2. The Kier molecular flexibility index (Phi) is 3.51. The lowest BCUT2D eigenvalue weighted by Crippen LogP contribution is -2.16. The van der Waals surface area contributed by atoms with Gasteiger partial charge in [0.25, 0.3) is 0 Å². The molecule has 20 heavy (non-hydrogen) atoms. The minimum atomic E-state index is 0.565. The zero-order valence-corrected chi connectivity index (χ0v) is 11.1. The van der Waals surface area contributed by atoms with Crippen molar-refractivity contribution in [2.24, 2.45) is 0 Å². The normalized spacial score (nSPS) is 10.8. The molecule has 3 rings (SSSR count). The largest absolute Gasteiger partial charge is 0.304 e. The maximum Gasteiger partial charge on any atom is 0.188 e. The molecule has 0 saturated heterocycles. The van der Waals surface area contributed by atoms with Crippen molar-refractivity contribution < 1.29 is 0 Å². The van der Waals surface area contributed by atoms with Crippen molar-refractivity contribution in [3.63, 3.8) is 0 Å². The van der Waals surface area contributed by atoms with Crippen LogP contribution in [0.15, 0.2) is 36.5 Å². The van der Waals surface area contributed by atoms with Crippen molar-refractivity contribution in [1.29, 1.82) is 0 Å². The van der Waals surface area contributed by atoms with E-state index in [0.29, 0.717) is 18.9 Å². The van der Waals surface area contributed by atoms with Crippen LogP contribution in [-0.2, 0) is 13.1 Å².